The van der Waals surface area contributed by atoms with Gasteiger partial charge in [0.2, 0.25) is 0 Å². The summed E-state index contributed by atoms with van der Waals surface area (Å²) in [7, 11) is 1.92. The highest BCUT2D eigenvalue weighted by molar-refractivity contribution is 5.34. The van der Waals surface area contributed by atoms with Gasteiger partial charge in [-0.2, -0.15) is 5.10 Å². The third kappa shape index (κ3) is 1.67. The molecule has 4 heteroatoms. The van der Waals surface area contributed by atoms with E-state index in [4.69, 9.17) is 5.73 Å². The number of nitrogens with two attached hydrogens (primary N) is 1. The van der Waals surface area contributed by atoms with Crippen molar-refractivity contribution in [3.8, 4) is 0 Å². The second-order valence-electron chi connectivity index (χ2n) is 3.91. The molecule has 72 valence electrons. The van der Waals surface area contributed by atoms with Crippen LogP contribution in [-0.2, 0) is 7.05 Å². The molecule has 3 N–H and O–H groups in total. The molecule has 1 aromatic heterocycles. The Balaban J connectivity index is 1.89. The van der Waals surface area contributed by atoms with Crippen molar-refractivity contribution in [3.63, 3.8) is 0 Å². The summed E-state index contributed by atoms with van der Waals surface area (Å²) in [6.07, 6.45) is 5.32. The van der Waals surface area contributed by atoms with E-state index in [1.807, 2.05) is 17.8 Å². The van der Waals surface area contributed by atoms with Crippen molar-refractivity contribution < 1.29 is 0 Å². The lowest BCUT2D eigenvalue weighted by Gasteiger charge is -2.38. The normalized spacial score (nSPS) is 19.5. The first-order valence-electron chi connectivity index (χ1n) is 4.70. The second-order valence-corrected chi connectivity index (χ2v) is 3.91. The predicted molar refractivity (Wildman–Crippen MR) is 52.5 cm³/mol. The Hall–Kier alpha value is -1.03. The number of nitrogens with one attached hydrogen (secondary N) is 1. The van der Waals surface area contributed by atoms with Crippen LogP contribution >= 0.6 is 0 Å². The summed E-state index contributed by atoms with van der Waals surface area (Å²) in [6, 6.07) is 1.96. The van der Waals surface area contributed by atoms with E-state index in [0.717, 1.165) is 25.2 Å². The molecule has 0 radical (unpaired) electrons. The van der Waals surface area contributed by atoms with Gasteiger partial charge in [-0.1, -0.05) is 0 Å². The Kier molecular flexibility index (Phi) is 2.00. The molecular formula is C9H16N4. The van der Waals surface area contributed by atoms with Crippen LogP contribution in [0.15, 0.2) is 12.3 Å². The molecule has 0 aromatic carbocycles. The third-order valence-electron chi connectivity index (χ3n) is 2.79. The SMILES string of the molecule is Cn1nccc1NCC1(N)CCC1. The minimum Gasteiger partial charge on any atom is -0.368 e. The molecule has 0 bridgehead atoms. The Morgan fingerprint density at radius 3 is 2.92 bits per heavy atom. The number of rotatable bonds is 3. The molecule has 1 aliphatic carbocycles. The van der Waals surface area contributed by atoms with E-state index in [1.54, 1.807) is 6.20 Å². The van der Waals surface area contributed by atoms with Crippen LogP contribution in [0.4, 0.5) is 5.82 Å². The summed E-state index contributed by atoms with van der Waals surface area (Å²) in [5, 5.41) is 7.39. The summed E-state index contributed by atoms with van der Waals surface area (Å²) in [5.74, 6) is 1.04. The van der Waals surface area contributed by atoms with Crippen LogP contribution in [0.5, 0.6) is 0 Å². The van der Waals surface area contributed by atoms with Crippen molar-refractivity contribution in [2.24, 2.45) is 12.8 Å². The first-order valence-corrected chi connectivity index (χ1v) is 4.70. The maximum absolute atomic E-state index is 6.08. The van der Waals surface area contributed by atoms with Gasteiger partial charge >= 0.3 is 0 Å². The summed E-state index contributed by atoms with van der Waals surface area (Å²) < 4.78 is 1.82. The molecule has 0 atom stereocenters. The van der Waals surface area contributed by atoms with Crippen LogP contribution in [0.3, 0.4) is 0 Å². The zero-order valence-corrected chi connectivity index (χ0v) is 7.95. The van der Waals surface area contributed by atoms with Crippen molar-refractivity contribution in [1.29, 1.82) is 0 Å². The van der Waals surface area contributed by atoms with E-state index in [9.17, 15) is 0 Å². The molecule has 0 unspecified atom stereocenters. The van der Waals surface area contributed by atoms with Gasteiger partial charge in [-0.05, 0) is 19.3 Å². The fraction of sp³-hybridized carbons (Fsp3) is 0.667. The quantitative estimate of drug-likeness (QED) is 0.720. The smallest absolute Gasteiger partial charge is 0.123 e. The highest BCUT2D eigenvalue weighted by atomic mass is 15.3. The number of hydrogen-bond acceptors (Lipinski definition) is 3. The van der Waals surface area contributed by atoms with Crippen molar-refractivity contribution >= 4 is 5.82 Å². The van der Waals surface area contributed by atoms with Crippen LogP contribution in [-0.4, -0.2) is 21.9 Å². The summed E-state index contributed by atoms with van der Waals surface area (Å²) in [6.45, 7) is 0.854. The van der Waals surface area contributed by atoms with Gasteiger partial charge in [0.05, 0.1) is 6.20 Å². The molecule has 13 heavy (non-hydrogen) atoms. The first kappa shape index (κ1) is 8.56. The summed E-state index contributed by atoms with van der Waals surface area (Å²) in [4.78, 5) is 0. The van der Waals surface area contributed by atoms with Crippen LogP contribution in [0.1, 0.15) is 19.3 Å². The minimum atomic E-state index is 0.0320. The Morgan fingerprint density at radius 2 is 2.46 bits per heavy atom. The zero-order chi connectivity index (χ0) is 9.31. The molecule has 0 amide bonds. The standard InChI is InChI=1S/C9H16N4/c1-13-8(3-6-12-13)11-7-9(10)4-2-5-9/h3,6,11H,2,4-5,7,10H2,1H3. The molecule has 1 aromatic rings. The van der Waals surface area contributed by atoms with Crippen LogP contribution < -0.4 is 11.1 Å². The van der Waals surface area contributed by atoms with Gasteiger partial charge in [-0.3, -0.25) is 4.68 Å². The van der Waals surface area contributed by atoms with Crippen LogP contribution in [0, 0.1) is 0 Å². The third-order valence-corrected chi connectivity index (χ3v) is 2.79. The van der Waals surface area contributed by atoms with Gasteiger partial charge in [0.15, 0.2) is 0 Å². The summed E-state index contributed by atoms with van der Waals surface area (Å²) in [5.41, 5.74) is 6.11. The number of aryl methyl sites for hydroxylation is 1. The lowest BCUT2D eigenvalue weighted by atomic mass is 9.78. The molecule has 0 saturated heterocycles. The highest BCUT2D eigenvalue weighted by Crippen LogP contribution is 2.28. The second kappa shape index (κ2) is 3.03. The number of anilines is 1. The Labute approximate surface area is 78.1 Å². The largest absolute Gasteiger partial charge is 0.368 e. The lowest BCUT2D eigenvalue weighted by Crippen LogP contribution is -2.52. The van der Waals surface area contributed by atoms with E-state index in [1.165, 1.54) is 6.42 Å². The average molecular weight is 180 g/mol. The maximum Gasteiger partial charge on any atom is 0.123 e. The molecule has 2 rings (SSSR count). The Bertz CT molecular complexity index is 288. The predicted octanol–water partition coefficient (Wildman–Crippen LogP) is 0.713. The van der Waals surface area contributed by atoms with Crippen molar-refractivity contribution in [2.45, 2.75) is 24.8 Å². The van der Waals surface area contributed by atoms with Crippen molar-refractivity contribution in [1.82, 2.24) is 9.78 Å². The van der Waals surface area contributed by atoms with Crippen LogP contribution in [0.2, 0.25) is 0 Å². The number of nitrogens with zero attached hydrogens (tertiary/aromatic N) is 2. The number of aromatic nitrogens is 2. The molecule has 0 spiro atoms. The van der Waals surface area contributed by atoms with E-state index in [-0.39, 0.29) is 5.54 Å². The topological polar surface area (TPSA) is 55.9 Å². The van der Waals surface area contributed by atoms with E-state index < -0.39 is 0 Å². The Morgan fingerprint density at radius 1 is 1.69 bits per heavy atom. The fourth-order valence-electron chi connectivity index (χ4n) is 1.62. The van der Waals surface area contributed by atoms with Crippen molar-refractivity contribution in [3.05, 3.63) is 12.3 Å². The molecule has 1 saturated carbocycles. The minimum absolute atomic E-state index is 0.0320. The van der Waals surface area contributed by atoms with E-state index >= 15 is 0 Å². The monoisotopic (exact) mass is 180 g/mol. The van der Waals surface area contributed by atoms with Gasteiger partial charge in [-0.25, -0.2) is 0 Å². The van der Waals surface area contributed by atoms with Gasteiger partial charge in [-0.15, -0.1) is 0 Å². The van der Waals surface area contributed by atoms with E-state index in [0.29, 0.717) is 0 Å². The van der Waals surface area contributed by atoms with Gasteiger partial charge in [0.25, 0.3) is 0 Å². The lowest BCUT2D eigenvalue weighted by molar-refractivity contribution is 0.265. The molecule has 1 aliphatic rings. The van der Waals surface area contributed by atoms with Crippen molar-refractivity contribution in [2.75, 3.05) is 11.9 Å². The van der Waals surface area contributed by atoms with Gasteiger partial charge in [0, 0.05) is 25.2 Å². The average Bonchev–Trinajstić information content (AvgIpc) is 2.44. The van der Waals surface area contributed by atoms with Gasteiger partial charge < -0.3 is 11.1 Å². The van der Waals surface area contributed by atoms with E-state index in [2.05, 4.69) is 10.4 Å². The fourth-order valence-corrected chi connectivity index (χ4v) is 1.62. The summed E-state index contributed by atoms with van der Waals surface area (Å²) >= 11 is 0. The molecule has 1 fully saturated rings. The van der Waals surface area contributed by atoms with Gasteiger partial charge in [0.1, 0.15) is 5.82 Å². The number of hydrogen-bond donors (Lipinski definition) is 2. The zero-order valence-electron chi connectivity index (χ0n) is 7.95. The highest BCUT2D eigenvalue weighted by Gasteiger charge is 2.32. The molecule has 4 nitrogen and oxygen atoms in total. The molecule has 1 heterocycles. The molecule has 0 aliphatic heterocycles. The van der Waals surface area contributed by atoms with Crippen LogP contribution in [0.25, 0.3) is 0 Å². The molecular weight excluding hydrogens is 164 g/mol. The first-order chi connectivity index (χ1) is 6.20. The maximum atomic E-state index is 6.08.